The lowest BCUT2D eigenvalue weighted by Crippen LogP contribution is -2.35. The van der Waals surface area contributed by atoms with Crippen molar-refractivity contribution in [1.29, 1.82) is 0 Å². The number of oxazole rings is 1. The summed E-state index contributed by atoms with van der Waals surface area (Å²) in [6.45, 7) is 6.45. The molecule has 2 aromatic rings. The second kappa shape index (κ2) is 5.72. The molecule has 0 aromatic carbocycles. The largest absolute Gasteiger partial charge is 0.445 e. The molecular formula is C16H19N3O3S. The zero-order valence-electron chi connectivity index (χ0n) is 13.3. The first kappa shape index (κ1) is 14.8. The minimum Gasteiger partial charge on any atom is -0.445 e. The number of carbonyl (C=O) groups is 1. The van der Waals surface area contributed by atoms with Gasteiger partial charge in [-0.15, -0.1) is 11.3 Å². The molecule has 1 amide bonds. The smallest absolute Gasteiger partial charge is 0.266 e. The summed E-state index contributed by atoms with van der Waals surface area (Å²) in [7, 11) is 0. The van der Waals surface area contributed by atoms with E-state index in [1.807, 2.05) is 18.7 Å². The van der Waals surface area contributed by atoms with Gasteiger partial charge in [-0.1, -0.05) is 0 Å². The van der Waals surface area contributed by atoms with Gasteiger partial charge in [-0.2, -0.15) is 0 Å². The highest BCUT2D eigenvalue weighted by atomic mass is 32.1. The second-order valence-corrected chi connectivity index (χ2v) is 7.31. The predicted molar refractivity (Wildman–Crippen MR) is 84.7 cm³/mol. The van der Waals surface area contributed by atoms with E-state index in [0.717, 1.165) is 52.4 Å². The van der Waals surface area contributed by atoms with Crippen LogP contribution in [0, 0.1) is 13.8 Å². The van der Waals surface area contributed by atoms with Crippen LogP contribution in [0.5, 0.6) is 0 Å². The molecule has 7 heteroatoms. The van der Waals surface area contributed by atoms with E-state index in [9.17, 15) is 4.79 Å². The lowest BCUT2D eigenvalue weighted by Gasteiger charge is -2.24. The number of ether oxygens (including phenoxy) is 1. The van der Waals surface area contributed by atoms with Crippen LogP contribution in [-0.4, -0.2) is 40.5 Å². The molecule has 6 nitrogen and oxygen atoms in total. The number of thiazole rings is 1. The Morgan fingerprint density at radius 1 is 1.35 bits per heavy atom. The Morgan fingerprint density at radius 2 is 2.22 bits per heavy atom. The van der Waals surface area contributed by atoms with Gasteiger partial charge in [0.1, 0.15) is 16.3 Å². The fraction of sp³-hybridized carbons (Fsp3) is 0.562. The van der Waals surface area contributed by atoms with Gasteiger partial charge in [0.15, 0.2) is 5.89 Å². The fourth-order valence-electron chi connectivity index (χ4n) is 3.17. The Labute approximate surface area is 138 Å². The van der Waals surface area contributed by atoms with Crippen molar-refractivity contribution in [2.45, 2.75) is 39.2 Å². The third-order valence-corrected chi connectivity index (χ3v) is 5.47. The summed E-state index contributed by atoms with van der Waals surface area (Å²) >= 11 is 1.46. The van der Waals surface area contributed by atoms with Crippen LogP contribution < -0.4 is 0 Å². The summed E-state index contributed by atoms with van der Waals surface area (Å²) in [6.07, 6.45) is 1.68. The summed E-state index contributed by atoms with van der Waals surface area (Å²) < 4.78 is 11.3. The first-order chi connectivity index (χ1) is 11.1. The van der Waals surface area contributed by atoms with E-state index < -0.39 is 0 Å². The van der Waals surface area contributed by atoms with Crippen LogP contribution in [0.4, 0.5) is 0 Å². The van der Waals surface area contributed by atoms with Gasteiger partial charge in [0.2, 0.25) is 0 Å². The van der Waals surface area contributed by atoms with E-state index in [2.05, 4.69) is 9.97 Å². The first-order valence-electron chi connectivity index (χ1n) is 7.91. The number of aromatic nitrogens is 2. The van der Waals surface area contributed by atoms with Gasteiger partial charge < -0.3 is 14.1 Å². The van der Waals surface area contributed by atoms with Gasteiger partial charge in [-0.25, -0.2) is 9.97 Å². The Morgan fingerprint density at radius 3 is 2.91 bits per heavy atom. The molecule has 0 bridgehead atoms. The third kappa shape index (κ3) is 2.68. The van der Waals surface area contributed by atoms with Crippen LogP contribution in [0.3, 0.4) is 0 Å². The number of fused-ring (bicyclic) bond motifs is 1. The van der Waals surface area contributed by atoms with Gasteiger partial charge in [0, 0.05) is 19.6 Å². The molecule has 2 aliphatic rings. The van der Waals surface area contributed by atoms with Crippen molar-refractivity contribution in [3.8, 4) is 0 Å². The second-order valence-electron chi connectivity index (χ2n) is 6.11. The van der Waals surface area contributed by atoms with Crippen LogP contribution in [0.1, 0.15) is 50.1 Å². The number of aryl methyl sites for hydroxylation is 2. The van der Waals surface area contributed by atoms with Crippen LogP contribution in [0.15, 0.2) is 4.42 Å². The van der Waals surface area contributed by atoms with E-state index >= 15 is 0 Å². The van der Waals surface area contributed by atoms with Gasteiger partial charge in [-0.05, 0) is 20.3 Å². The highest BCUT2D eigenvalue weighted by molar-refractivity contribution is 7.13. The lowest BCUT2D eigenvalue weighted by molar-refractivity contribution is 0.0732. The third-order valence-electron chi connectivity index (χ3n) is 4.41. The molecule has 122 valence electrons. The van der Waals surface area contributed by atoms with Crippen LogP contribution in [0.2, 0.25) is 0 Å². The molecule has 23 heavy (non-hydrogen) atoms. The van der Waals surface area contributed by atoms with E-state index in [4.69, 9.17) is 9.15 Å². The average molecular weight is 333 g/mol. The van der Waals surface area contributed by atoms with Gasteiger partial charge in [0.05, 0.1) is 29.8 Å². The standard InChI is InChI=1S/C16H19N3O3S/c1-9-14(23-10(2)17-9)16(20)19-5-3-13-12(7-19)18-15(22-13)11-4-6-21-8-11/h11H,3-8H2,1-2H3. The molecule has 0 saturated carbocycles. The maximum atomic E-state index is 12.7. The van der Waals surface area contributed by atoms with Crippen molar-refractivity contribution in [3.63, 3.8) is 0 Å². The summed E-state index contributed by atoms with van der Waals surface area (Å²) in [5.41, 5.74) is 1.71. The predicted octanol–water partition coefficient (Wildman–Crippen LogP) is 2.45. The van der Waals surface area contributed by atoms with Crippen molar-refractivity contribution in [2.24, 2.45) is 0 Å². The van der Waals surface area contributed by atoms with Crippen molar-refractivity contribution in [3.05, 3.63) is 32.9 Å². The minimum absolute atomic E-state index is 0.0486. The minimum atomic E-state index is 0.0486. The number of nitrogens with zero attached hydrogens (tertiary/aromatic N) is 3. The first-order valence-corrected chi connectivity index (χ1v) is 8.73. The van der Waals surface area contributed by atoms with Gasteiger partial charge in [-0.3, -0.25) is 4.79 Å². The zero-order valence-corrected chi connectivity index (χ0v) is 14.1. The Hall–Kier alpha value is -1.73. The molecular weight excluding hydrogens is 314 g/mol. The van der Waals surface area contributed by atoms with Crippen LogP contribution in [-0.2, 0) is 17.7 Å². The zero-order chi connectivity index (χ0) is 16.0. The fourth-order valence-corrected chi connectivity index (χ4v) is 4.06. The number of hydrogen-bond donors (Lipinski definition) is 0. The quantitative estimate of drug-likeness (QED) is 0.844. The molecule has 0 N–H and O–H groups in total. The Bertz CT molecular complexity index is 746. The molecule has 2 aromatic heterocycles. The van der Waals surface area contributed by atoms with E-state index in [0.29, 0.717) is 19.7 Å². The Balaban J connectivity index is 1.54. The Kier molecular flexibility index (Phi) is 3.69. The van der Waals surface area contributed by atoms with E-state index in [1.54, 1.807) is 0 Å². The summed E-state index contributed by atoms with van der Waals surface area (Å²) in [5.74, 6) is 2.00. The molecule has 2 aliphatic heterocycles. The summed E-state index contributed by atoms with van der Waals surface area (Å²) in [4.78, 5) is 24.3. The van der Waals surface area contributed by atoms with Gasteiger partial charge in [0.25, 0.3) is 5.91 Å². The van der Waals surface area contributed by atoms with Crippen molar-refractivity contribution in [2.75, 3.05) is 19.8 Å². The van der Waals surface area contributed by atoms with Crippen molar-refractivity contribution in [1.82, 2.24) is 14.9 Å². The highest BCUT2D eigenvalue weighted by Crippen LogP contribution is 2.30. The molecule has 0 aliphatic carbocycles. The molecule has 1 fully saturated rings. The van der Waals surface area contributed by atoms with Crippen molar-refractivity contribution < 1.29 is 13.9 Å². The summed E-state index contributed by atoms with van der Waals surface area (Å²) in [5, 5.41) is 0.925. The molecule has 1 atom stereocenters. The highest BCUT2D eigenvalue weighted by Gasteiger charge is 2.30. The van der Waals surface area contributed by atoms with E-state index in [-0.39, 0.29) is 11.8 Å². The SMILES string of the molecule is Cc1nc(C)c(C(=O)N2CCc3oc(C4CCOC4)nc3C2)s1. The maximum absolute atomic E-state index is 12.7. The molecule has 1 saturated heterocycles. The number of amides is 1. The van der Waals surface area contributed by atoms with Crippen molar-refractivity contribution >= 4 is 17.2 Å². The topological polar surface area (TPSA) is 68.5 Å². The molecule has 4 rings (SSSR count). The number of carbonyl (C=O) groups excluding carboxylic acids is 1. The van der Waals surface area contributed by atoms with Gasteiger partial charge >= 0.3 is 0 Å². The van der Waals surface area contributed by atoms with Crippen LogP contribution in [0.25, 0.3) is 0 Å². The molecule has 1 unspecified atom stereocenters. The lowest BCUT2D eigenvalue weighted by atomic mass is 10.1. The average Bonchev–Trinajstić information content (AvgIpc) is 3.24. The number of rotatable bonds is 2. The normalized spacial score (nSPS) is 20.8. The van der Waals surface area contributed by atoms with Crippen LogP contribution >= 0.6 is 11.3 Å². The number of hydrogen-bond acceptors (Lipinski definition) is 6. The summed E-state index contributed by atoms with van der Waals surface area (Å²) in [6, 6.07) is 0. The maximum Gasteiger partial charge on any atom is 0.266 e. The monoisotopic (exact) mass is 333 g/mol. The van der Waals surface area contributed by atoms with E-state index in [1.165, 1.54) is 11.3 Å². The molecule has 4 heterocycles. The molecule has 0 spiro atoms. The molecule has 0 radical (unpaired) electrons.